The fraction of sp³-hybridized carbons (Fsp3) is 0.375. The largest absolute Gasteiger partial charge is 0.369 e. The second kappa shape index (κ2) is 9.94. The summed E-state index contributed by atoms with van der Waals surface area (Å²) in [5.41, 5.74) is 11.4. The van der Waals surface area contributed by atoms with Crippen LogP contribution in [0.5, 0.6) is 0 Å². The van der Waals surface area contributed by atoms with Crippen LogP contribution in [0, 0.1) is 0 Å². The summed E-state index contributed by atoms with van der Waals surface area (Å²) in [6.45, 7) is 9.45. The molecule has 1 aromatic carbocycles. The number of nitrogens with zero attached hydrogens (tertiary/aromatic N) is 4. The summed E-state index contributed by atoms with van der Waals surface area (Å²) in [4.78, 5) is 17.9. The zero-order chi connectivity index (χ0) is 25.1. The molecule has 0 aliphatic heterocycles. The molecule has 0 amide bonds. The molecule has 0 bridgehead atoms. The second-order valence-corrected chi connectivity index (χ2v) is 10.6. The monoisotopic (exact) mass is 484 g/mol. The van der Waals surface area contributed by atoms with Crippen LogP contribution in [0.3, 0.4) is 0 Å². The number of fused-ring (bicyclic) bond motifs is 1. The Hall–Kier alpha value is -3.24. The third-order valence-electron chi connectivity index (χ3n) is 5.07. The van der Waals surface area contributed by atoms with E-state index in [4.69, 9.17) is 20.3 Å². The number of unbranched alkanes of at least 4 members (excludes halogenated alkanes) is 1. The van der Waals surface area contributed by atoms with Crippen molar-refractivity contribution in [2.24, 2.45) is 0 Å². The summed E-state index contributed by atoms with van der Waals surface area (Å²) in [6, 6.07) is 14.2. The number of rotatable bonds is 5. The highest BCUT2D eigenvalue weighted by molar-refractivity contribution is 7.85. The molecule has 10 heteroatoms. The number of benzene rings is 1. The lowest BCUT2D eigenvalue weighted by Gasteiger charge is -2.14. The van der Waals surface area contributed by atoms with Crippen LogP contribution in [0.25, 0.3) is 33.8 Å². The van der Waals surface area contributed by atoms with Gasteiger partial charge in [0.2, 0.25) is 5.95 Å². The molecule has 4 N–H and O–H groups in total. The number of H-pyrrole nitrogens is 1. The maximum absolute atomic E-state index is 9.19. The Kier molecular flexibility index (Phi) is 7.42. The van der Waals surface area contributed by atoms with Crippen molar-refractivity contribution < 1.29 is 13.0 Å². The van der Waals surface area contributed by atoms with E-state index in [-0.39, 0.29) is 5.41 Å². The Bertz CT molecular complexity index is 1360. The van der Waals surface area contributed by atoms with Gasteiger partial charge in [0, 0.05) is 17.5 Å². The summed E-state index contributed by atoms with van der Waals surface area (Å²) in [5.74, 6) is 1.45. The molecule has 0 unspecified atom stereocenters. The van der Waals surface area contributed by atoms with Gasteiger partial charge in [-0.15, -0.1) is 0 Å². The Morgan fingerprint density at radius 2 is 1.71 bits per heavy atom. The predicted octanol–water partition coefficient (Wildman–Crippen LogP) is 4.67. The Balaban J connectivity index is 0.000000588. The Labute approximate surface area is 200 Å². The Morgan fingerprint density at radius 3 is 2.29 bits per heavy atom. The zero-order valence-electron chi connectivity index (χ0n) is 20.2. The number of aromatic amines is 1. The van der Waals surface area contributed by atoms with Crippen molar-refractivity contribution in [3.8, 4) is 22.6 Å². The molecule has 9 nitrogen and oxygen atoms in total. The fourth-order valence-corrected chi connectivity index (χ4v) is 3.41. The zero-order valence-corrected chi connectivity index (χ0v) is 21.0. The van der Waals surface area contributed by atoms with Crippen molar-refractivity contribution in [2.75, 3.05) is 12.0 Å². The summed E-state index contributed by atoms with van der Waals surface area (Å²) >= 11 is 0. The van der Waals surface area contributed by atoms with Crippen LogP contribution in [-0.4, -0.2) is 43.7 Å². The number of hydrogen-bond acceptors (Lipinski definition) is 6. The van der Waals surface area contributed by atoms with Gasteiger partial charge >= 0.3 is 0 Å². The molecule has 0 spiro atoms. The smallest absolute Gasteiger partial charge is 0.261 e. The highest BCUT2D eigenvalue weighted by Gasteiger charge is 2.23. The first-order valence-electron chi connectivity index (χ1n) is 11.1. The third-order valence-corrected chi connectivity index (χ3v) is 5.07. The lowest BCUT2D eigenvalue weighted by Crippen LogP contribution is -2.13. The van der Waals surface area contributed by atoms with E-state index in [1.54, 1.807) is 0 Å². The van der Waals surface area contributed by atoms with Gasteiger partial charge in [-0.05, 0) is 18.6 Å². The van der Waals surface area contributed by atoms with Gasteiger partial charge in [-0.1, -0.05) is 64.4 Å². The number of aryl methyl sites for hydroxylation is 1. The van der Waals surface area contributed by atoms with Gasteiger partial charge in [0.25, 0.3) is 10.1 Å². The maximum atomic E-state index is 9.19. The number of nitrogens with two attached hydrogens (primary N) is 1. The second-order valence-electron chi connectivity index (χ2n) is 9.17. The lowest BCUT2D eigenvalue weighted by molar-refractivity contribution is 0.490. The molecular formula is C24H32N6O3S. The average Bonchev–Trinajstić information content (AvgIpc) is 3.32. The number of imidazole rings is 2. The van der Waals surface area contributed by atoms with Crippen molar-refractivity contribution >= 4 is 27.2 Å². The molecule has 0 fully saturated rings. The molecule has 3 aromatic heterocycles. The van der Waals surface area contributed by atoms with E-state index in [0.717, 1.165) is 59.0 Å². The minimum atomic E-state index is -3.67. The number of pyridine rings is 1. The van der Waals surface area contributed by atoms with E-state index >= 15 is 0 Å². The number of hydrogen-bond donors (Lipinski definition) is 3. The van der Waals surface area contributed by atoms with E-state index in [1.165, 1.54) is 0 Å². The number of anilines is 1. The first-order chi connectivity index (χ1) is 15.9. The van der Waals surface area contributed by atoms with Crippen LogP contribution in [0.2, 0.25) is 0 Å². The molecule has 4 rings (SSSR count). The molecule has 0 saturated heterocycles. The van der Waals surface area contributed by atoms with Crippen LogP contribution in [0.1, 0.15) is 46.4 Å². The van der Waals surface area contributed by atoms with E-state index in [9.17, 15) is 8.42 Å². The molecule has 3 heterocycles. The van der Waals surface area contributed by atoms with Crippen LogP contribution < -0.4 is 5.73 Å². The molecular weight excluding hydrogens is 452 g/mol. The van der Waals surface area contributed by atoms with Gasteiger partial charge in [-0.25, -0.2) is 15.0 Å². The molecule has 4 aromatic rings. The molecule has 0 aliphatic carbocycles. The minimum absolute atomic E-state index is 0.0980. The van der Waals surface area contributed by atoms with Gasteiger partial charge in [0.15, 0.2) is 5.65 Å². The van der Waals surface area contributed by atoms with Crippen molar-refractivity contribution in [3.05, 3.63) is 48.3 Å². The standard InChI is InChI=1S/C23H28N6.CH4O3S/c1-5-6-14-29-20-17(26-22(29)24)13-12-16(25-20)19-18(15-10-8-7-9-11-15)27-21(28-19)23(2,3)4;1-5(2,3)4/h7-13H,5-6,14H2,1-4H3,(H2,24,26)(H,27,28);1H3,(H,2,3,4). The van der Waals surface area contributed by atoms with Crippen LogP contribution in [-0.2, 0) is 22.1 Å². The number of aromatic nitrogens is 5. The van der Waals surface area contributed by atoms with Gasteiger partial charge < -0.3 is 10.7 Å². The fourth-order valence-electron chi connectivity index (χ4n) is 3.41. The number of nitrogens with one attached hydrogen (secondary N) is 1. The van der Waals surface area contributed by atoms with Crippen LogP contribution in [0.15, 0.2) is 42.5 Å². The topological polar surface area (TPSA) is 140 Å². The summed E-state index contributed by atoms with van der Waals surface area (Å²) in [5, 5.41) is 0. The first kappa shape index (κ1) is 25.4. The van der Waals surface area contributed by atoms with Crippen molar-refractivity contribution in [3.63, 3.8) is 0 Å². The normalized spacial score (nSPS) is 11.9. The van der Waals surface area contributed by atoms with Crippen molar-refractivity contribution in [2.45, 2.75) is 52.5 Å². The third kappa shape index (κ3) is 6.21. The highest BCUT2D eigenvalue weighted by Crippen LogP contribution is 2.33. The molecule has 0 atom stereocenters. The van der Waals surface area contributed by atoms with E-state index in [0.29, 0.717) is 12.2 Å². The van der Waals surface area contributed by atoms with Crippen LogP contribution >= 0.6 is 0 Å². The van der Waals surface area contributed by atoms with Crippen LogP contribution in [0.4, 0.5) is 5.95 Å². The summed E-state index contributed by atoms with van der Waals surface area (Å²) < 4.78 is 27.9. The van der Waals surface area contributed by atoms with Gasteiger partial charge in [0.05, 0.1) is 23.3 Å². The lowest BCUT2D eigenvalue weighted by atomic mass is 9.96. The van der Waals surface area contributed by atoms with Gasteiger partial charge in [-0.2, -0.15) is 8.42 Å². The number of nitrogen functional groups attached to an aromatic ring is 1. The maximum Gasteiger partial charge on any atom is 0.261 e. The summed E-state index contributed by atoms with van der Waals surface area (Å²) in [6.07, 6.45) is 2.84. The SMILES string of the molecule is CCCCn1c(N)nc2ccc(-c3[nH]c(C(C)(C)C)nc3-c3ccccc3)nc21.CS(=O)(=O)O. The van der Waals surface area contributed by atoms with Gasteiger partial charge in [-0.3, -0.25) is 9.12 Å². The van der Waals surface area contributed by atoms with E-state index in [2.05, 4.69) is 49.8 Å². The predicted molar refractivity (Wildman–Crippen MR) is 136 cm³/mol. The average molecular weight is 485 g/mol. The van der Waals surface area contributed by atoms with Crippen molar-refractivity contribution in [1.82, 2.24) is 24.5 Å². The molecule has 0 radical (unpaired) electrons. The Morgan fingerprint density at radius 1 is 1.06 bits per heavy atom. The first-order valence-corrected chi connectivity index (χ1v) is 12.9. The molecule has 0 saturated carbocycles. The highest BCUT2D eigenvalue weighted by atomic mass is 32.2. The van der Waals surface area contributed by atoms with Crippen molar-refractivity contribution in [1.29, 1.82) is 0 Å². The molecule has 0 aliphatic rings. The van der Waals surface area contributed by atoms with E-state index < -0.39 is 10.1 Å². The quantitative estimate of drug-likeness (QED) is 0.350. The summed E-state index contributed by atoms with van der Waals surface area (Å²) in [7, 11) is -3.67. The minimum Gasteiger partial charge on any atom is -0.369 e. The molecule has 182 valence electrons. The molecule has 34 heavy (non-hydrogen) atoms. The van der Waals surface area contributed by atoms with E-state index in [1.807, 2.05) is 34.9 Å². The van der Waals surface area contributed by atoms with Gasteiger partial charge in [0.1, 0.15) is 11.3 Å².